The van der Waals surface area contributed by atoms with Crippen LogP contribution in [0.5, 0.6) is 0 Å². The van der Waals surface area contributed by atoms with Crippen molar-refractivity contribution in [2.45, 2.75) is 31.2 Å². The van der Waals surface area contributed by atoms with Gasteiger partial charge in [-0.25, -0.2) is 8.42 Å². The molecule has 1 aromatic rings. The van der Waals surface area contributed by atoms with Gasteiger partial charge in [-0.15, -0.1) is 0 Å². The second-order valence-electron chi connectivity index (χ2n) is 5.57. The number of sulfonamides is 1. The molecule has 1 heterocycles. The maximum Gasteiger partial charge on any atom is 0.243 e. The zero-order valence-corrected chi connectivity index (χ0v) is 16.1. The van der Waals surface area contributed by atoms with Gasteiger partial charge in [0, 0.05) is 19.1 Å². The van der Waals surface area contributed by atoms with Crippen LogP contribution in [0.25, 0.3) is 0 Å². The van der Waals surface area contributed by atoms with Crippen molar-refractivity contribution in [3.8, 4) is 0 Å². The summed E-state index contributed by atoms with van der Waals surface area (Å²) in [7, 11) is -3.57. The Bertz CT molecular complexity index is 691. The molecule has 0 aromatic heterocycles. The van der Waals surface area contributed by atoms with Crippen molar-refractivity contribution in [3.63, 3.8) is 0 Å². The minimum Gasteiger partial charge on any atom is -0.379 e. The fraction of sp³-hybridized carbons (Fsp3) is 0.533. The molecule has 1 fully saturated rings. The van der Waals surface area contributed by atoms with Crippen LogP contribution in [0.1, 0.15) is 20.3 Å². The third-order valence-corrected chi connectivity index (χ3v) is 6.23. The molecule has 24 heavy (non-hydrogen) atoms. The minimum absolute atomic E-state index is 0.183. The molecule has 1 aliphatic heterocycles. The smallest absolute Gasteiger partial charge is 0.243 e. The van der Waals surface area contributed by atoms with Crippen LogP contribution in [0.15, 0.2) is 23.1 Å². The van der Waals surface area contributed by atoms with Crippen molar-refractivity contribution in [2.75, 3.05) is 31.6 Å². The highest BCUT2D eigenvalue weighted by Gasteiger charge is 2.27. The predicted octanol–water partition coefficient (Wildman–Crippen LogP) is 2.45. The molecule has 0 spiro atoms. The van der Waals surface area contributed by atoms with Crippen LogP contribution in [0.3, 0.4) is 0 Å². The predicted molar refractivity (Wildman–Crippen MR) is 100 cm³/mol. The number of halogens is 1. The van der Waals surface area contributed by atoms with Gasteiger partial charge in [-0.05, 0) is 43.8 Å². The van der Waals surface area contributed by atoms with E-state index in [-0.39, 0.29) is 10.9 Å². The van der Waals surface area contributed by atoms with Crippen LogP contribution in [0, 0.1) is 0 Å². The third kappa shape index (κ3) is 4.80. The number of thiocarbonyl (C=S) groups is 1. The summed E-state index contributed by atoms with van der Waals surface area (Å²) >= 11 is 11.4. The largest absolute Gasteiger partial charge is 0.379 e. The average Bonchev–Trinajstić information content (AvgIpc) is 2.57. The second-order valence-corrected chi connectivity index (χ2v) is 8.32. The van der Waals surface area contributed by atoms with Crippen LogP contribution in [-0.4, -0.2) is 50.2 Å². The quantitative estimate of drug-likeness (QED) is 0.751. The number of hydrogen-bond acceptors (Lipinski definition) is 4. The van der Waals surface area contributed by atoms with Gasteiger partial charge in [-0.3, -0.25) is 0 Å². The summed E-state index contributed by atoms with van der Waals surface area (Å²) in [5, 5.41) is 6.90. The van der Waals surface area contributed by atoms with E-state index < -0.39 is 10.0 Å². The Kier molecular flexibility index (Phi) is 6.82. The molecule has 2 N–H and O–H groups in total. The van der Waals surface area contributed by atoms with Gasteiger partial charge in [0.1, 0.15) is 0 Å². The molecule has 1 saturated heterocycles. The van der Waals surface area contributed by atoms with Crippen molar-refractivity contribution in [1.82, 2.24) is 9.62 Å². The van der Waals surface area contributed by atoms with Crippen molar-refractivity contribution in [3.05, 3.63) is 23.2 Å². The summed E-state index contributed by atoms with van der Waals surface area (Å²) in [6.45, 7) is 5.56. The summed E-state index contributed by atoms with van der Waals surface area (Å²) in [4.78, 5) is 0.183. The van der Waals surface area contributed by atoms with Crippen LogP contribution in [-0.2, 0) is 14.8 Å². The van der Waals surface area contributed by atoms with Gasteiger partial charge in [0.2, 0.25) is 10.0 Å². The van der Waals surface area contributed by atoms with Gasteiger partial charge in [0.25, 0.3) is 0 Å². The Morgan fingerprint density at radius 2 is 2.08 bits per heavy atom. The van der Waals surface area contributed by atoms with E-state index in [1.807, 2.05) is 13.8 Å². The number of hydrogen-bond donors (Lipinski definition) is 2. The normalized spacial score (nSPS) is 17.3. The van der Waals surface area contributed by atoms with E-state index in [9.17, 15) is 8.42 Å². The first-order chi connectivity index (χ1) is 11.3. The molecular formula is C15H22ClN3O3S2. The lowest BCUT2D eigenvalue weighted by molar-refractivity contribution is 0.0730. The summed E-state index contributed by atoms with van der Waals surface area (Å²) in [6, 6.07) is 4.79. The number of nitrogens with zero attached hydrogens (tertiary/aromatic N) is 1. The van der Waals surface area contributed by atoms with Crippen molar-refractivity contribution in [1.29, 1.82) is 0 Å². The van der Waals surface area contributed by atoms with Gasteiger partial charge < -0.3 is 15.4 Å². The lowest BCUT2D eigenvalue weighted by Gasteiger charge is -2.26. The molecule has 0 unspecified atom stereocenters. The summed E-state index contributed by atoms with van der Waals surface area (Å²) in [5.74, 6) is 0. The maximum absolute atomic E-state index is 12.7. The monoisotopic (exact) mass is 391 g/mol. The van der Waals surface area contributed by atoms with Gasteiger partial charge in [-0.2, -0.15) is 4.31 Å². The highest BCUT2D eigenvalue weighted by atomic mass is 35.5. The molecule has 0 saturated carbocycles. The standard InChI is InChI=1S/C15H22ClN3O3S2/c1-3-11(2)17-15(23)18-14-10-12(4-5-13(14)16)24(20,21)19-6-8-22-9-7-19/h4-5,10-11H,3,6-9H2,1-2H3,(H2,17,18,23)/t11-/m1/s1. The van der Waals surface area contributed by atoms with Gasteiger partial charge in [-0.1, -0.05) is 18.5 Å². The number of morpholine rings is 1. The van der Waals surface area contributed by atoms with Crippen molar-refractivity contribution < 1.29 is 13.2 Å². The van der Waals surface area contributed by atoms with Crippen LogP contribution < -0.4 is 10.6 Å². The Labute approximate surface area is 153 Å². The fourth-order valence-electron chi connectivity index (χ4n) is 2.18. The lowest BCUT2D eigenvalue weighted by atomic mass is 10.3. The summed E-state index contributed by atoms with van der Waals surface area (Å²) in [6.07, 6.45) is 0.918. The molecular weight excluding hydrogens is 370 g/mol. The molecule has 0 aliphatic carbocycles. The Morgan fingerprint density at radius 1 is 1.42 bits per heavy atom. The van der Waals surface area contributed by atoms with Gasteiger partial charge in [0.15, 0.2) is 5.11 Å². The first-order valence-corrected chi connectivity index (χ1v) is 10.0. The maximum atomic E-state index is 12.7. The first kappa shape index (κ1) is 19.4. The molecule has 9 heteroatoms. The molecule has 0 radical (unpaired) electrons. The zero-order chi connectivity index (χ0) is 17.7. The molecule has 1 atom stereocenters. The number of rotatable bonds is 5. The molecule has 0 amide bonds. The molecule has 1 aromatic carbocycles. The summed E-state index contributed by atoms with van der Waals surface area (Å²) < 4.78 is 32.0. The number of benzene rings is 1. The van der Waals surface area contributed by atoms with Gasteiger partial charge in [0.05, 0.1) is 28.8 Å². The number of ether oxygens (including phenoxy) is 1. The number of anilines is 1. The topological polar surface area (TPSA) is 70.7 Å². The van der Waals surface area contributed by atoms with E-state index in [0.29, 0.717) is 42.1 Å². The molecule has 134 valence electrons. The van der Waals surface area contributed by atoms with E-state index in [1.54, 1.807) is 6.07 Å². The molecule has 0 bridgehead atoms. The van der Waals surface area contributed by atoms with E-state index in [2.05, 4.69) is 10.6 Å². The van der Waals surface area contributed by atoms with E-state index >= 15 is 0 Å². The van der Waals surface area contributed by atoms with E-state index in [4.69, 9.17) is 28.6 Å². The van der Waals surface area contributed by atoms with E-state index in [1.165, 1.54) is 16.4 Å². The summed E-state index contributed by atoms with van der Waals surface area (Å²) in [5.41, 5.74) is 0.465. The highest BCUT2D eigenvalue weighted by Crippen LogP contribution is 2.27. The van der Waals surface area contributed by atoms with Gasteiger partial charge >= 0.3 is 0 Å². The zero-order valence-electron chi connectivity index (χ0n) is 13.7. The van der Waals surface area contributed by atoms with E-state index in [0.717, 1.165) is 6.42 Å². The SMILES string of the molecule is CC[C@@H](C)NC(=S)Nc1cc(S(=O)(=O)N2CCOCC2)ccc1Cl. The Hall–Kier alpha value is -0.930. The van der Waals surface area contributed by atoms with Crippen LogP contribution >= 0.6 is 23.8 Å². The lowest BCUT2D eigenvalue weighted by Crippen LogP contribution is -2.40. The second kappa shape index (κ2) is 8.44. The Morgan fingerprint density at radius 3 is 2.71 bits per heavy atom. The minimum atomic E-state index is -3.57. The molecule has 2 rings (SSSR count). The molecule has 1 aliphatic rings. The van der Waals surface area contributed by atoms with Crippen molar-refractivity contribution >= 4 is 44.6 Å². The Balaban J connectivity index is 2.20. The van der Waals surface area contributed by atoms with Crippen molar-refractivity contribution in [2.24, 2.45) is 0 Å². The molecule has 6 nitrogen and oxygen atoms in total. The highest BCUT2D eigenvalue weighted by molar-refractivity contribution is 7.89. The van der Waals surface area contributed by atoms with Crippen LogP contribution in [0.2, 0.25) is 5.02 Å². The fourth-order valence-corrected chi connectivity index (χ4v) is 4.09. The third-order valence-electron chi connectivity index (χ3n) is 3.78. The number of nitrogens with one attached hydrogen (secondary N) is 2. The first-order valence-electron chi connectivity index (χ1n) is 7.79. The average molecular weight is 392 g/mol. The van der Waals surface area contributed by atoms with Crippen LogP contribution in [0.4, 0.5) is 5.69 Å².